The summed E-state index contributed by atoms with van der Waals surface area (Å²) in [7, 11) is -4.40. The highest BCUT2D eigenvalue weighted by molar-refractivity contribution is 7.90. The number of hydrogen-bond acceptors (Lipinski definition) is 9. The third kappa shape index (κ3) is 10.7. The number of benzene rings is 3. The zero-order valence-corrected chi connectivity index (χ0v) is 33.9. The zero-order chi connectivity index (χ0) is 40.8. The molecule has 2 aliphatic rings. The highest BCUT2D eigenvalue weighted by Gasteiger charge is 2.61. The largest absolute Gasteiger partial charge is 0.489 e. The fourth-order valence-corrected chi connectivity index (χ4v) is 7.71. The molecule has 0 radical (unpaired) electrons. The predicted octanol–water partition coefficient (Wildman–Crippen LogP) is 5.05. The summed E-state index contributed by atoms with van der Waals surface area (Å²) >= 11 is 6.12. The number of carbonyl (C=O) groups excluding carboxylic acids is 4. The number of nitrogens with one attached hydrogen (secondary N) is 3. The van der Waals surface area contributed by atoms with E-state index in [2.05, 4.69) is 21.9 Å². The van der Waals surface area contributed by atoms with Gasteiger partial charge in [0.25, 0.3) is 15.9 Å². The molecular weight excluding hydrogens is 758 g/mol. The Morgan fingerprint density at radius 2 is 1.68 bits per heavy atom. The first-order valence-corrected chi connectivity index (χ1v) is 20.3. The molecule has 0 aromatic heterocycles. The van der Waals surface area contributed by atoms with Crippen molar-refractivity contribution in [1.82, 2.24) is 25.2 Å². The third-order valence-corrected chi connectivity index (χ3v) is 11.2. The van der Waals surface area contributed by atoms with E-state index in [0.717, 1.165) is 11.1 Å². The average Bonchev–Trinajstić information content (AvgIpc) is 3.87. The Kier molecular flexibility index (Phi) is 13.2. The van der Waals surface area contributed by atoms with Crippen molar-refractivity contribution in [3.05, 3.63) is 108 Å². The van der Waals surface area contributed by atoms with Crippen LogP contribution in [0.2, 0.25) is 5.02 Å². The molecule has 15 heteroatoms. The van der Waals surface area contributed by atoms with Crippen LogP contribution >= 0.6 is 11.6 Å². The lowest BCUT2D eigenvalue weighted by Gasteiger charge is -2.42. The second-order valence-corrected chi connectivity index (χ2v) is 17.6. The van der Waals surface area contributed by atoms with Crippen molar-refractivity contribution < 1.29 is 37.1 Å². The minimum absolute atomic E-state index is 0.0675. The molecule has 1 heterocycles. The van der Waals surface area contributed by atoms with Gasteiger partial charge in [-0.3, -0.25) is 19.3 Å². The van der Waals surface area contributed by atoms with E-state index >= 15 is 0 Å². The number of hydrogen-bond donors (Lipinski definition) is 3. The van der Waals surface area contributed by atoms with E-state index < -0.39 is 63.0 Å². The molecule has 3 aromatic rings. The first kappa shape index (κ1) is 42.2. The Morgan fingerprint density at radius 3 is 2.30 bits per heavy atom. The molecule has 1 aliphatic heterocycles. The fraction of sp³-hybridized carbons (Fsp3) is 0.415. The minimum atomic E-state index is -4.40. The molecular formula is C41H50ClN5O8S. The summed E-state index contributed by atoms with van der Waals surface area (Å²) in [6.45, 7) is 13.6. The SMILES string of the molecule is C=C[C@@H]1C[C@]1(NC(=O)[C@H]1CN(C(=O)[C@@H](NC(=O)OC(C)(C)C)C(C)C)CCN1Cc1ccc(Cl)cc1)C(=O)NS(=O)(=O)c1cccc(OCc2ccccc2)c1. The molecule has 56 heavy (non-hydrogen) atoms. The molecule has 13 nitrogen and oxygen atoms in total. The summed E-state index contributed by atoms with van der Waals surface area (Å²) in [5.41, 5.74) is -0.628. The summed E-state index contributed by atoms with van der Waals surface area (Å²) in [5.74, 6) is -2.46. The Morgan fingerprint density at radius 1 is 0.982 bits per heavy atom. The van der Waals surface area contributed by atoms with Gasteiger partial charge in [-0.1, -0.05) is 80.1 Å². The summed E-state index contributed by atoms with van der Waals surface area (Å²) in [4.78, 5) is 58.2. The summed E-state index contributed by atoms with van der Waals surface area (Å²) in [5, 5.41) is 6.10. The Balaban J connectivity index is 1.34. The number of carbonyl (C=O) groups is 4. The van der Waals surface area contributed by atoms with Gasteiger partial charge in [-0.05, 0) is 68.5 Å². The minimum Gasteiger partial charge on any atom is -0.489 e. The van der Waals surface area contributed by atoms with E-state index in [4.69, 9.17) is 21.1 Å². The number of piperazine rings is 1. The maximum atomic E-state index is 14.4. The van der Waals surface area contributed by atoms with Gasteiger partial charge in [0.05, 0.1) is 4.90 Å². The van der Waals surface area contributed by atoms with Crippen molar-refractivity contribution >= 4 is 45.4 Å². The monoisotopic (exact) mass is 807 g/mol. The van der Waals surface area contributed by atoms with E-state index in [0.29, 0.717) is 17.3 Å². The highest BCUT2D eigenvalue weighted by atomic mass is 35.5. The number of ether oxygens (including phenoxy) is 2. The molecule has 1 aliphatic carbocycles. The number of amides is 4. The van der Waals surface area contributed by atoms with Crippen LogP contribution in [0, 0.1) is 11.8 Å². The van der Waals surface area contributed by atoms with E-state index in [9.17, 15) is 27.6 Å². The Bertz CT molecular complexity index is 2020. The quantitative estimate of drug-likeness (QED) is 0.189. The first-order chi connectivity index (χ1) is 26.4. The van der Waals surface area contributed by atoms with Gasteiger partial charge >= 0.3 is 6.09 Å². The number of alkyl carbamates (subject to hydrolysis) is 1. The van der Waals surface area contributed by atoms with Gasteiger partial charge in [0, 0.05) is 43.2 Å². The Hall–Kier alpha value is -4.92. The molecule has 300 valence electrons. The molecule has 1 saturated carbocycles. The molecule has 1 saturated heterocycles. The lowest BCUT2D eigenvalue weighted by Crippen LogP contribution is -2.64. The smallest absolute Gasteiger partial charge is 0.408 e. The molecule has 3 N–H and O–H groups in total. The first-order valence-electron chi connectivity index (χ1n) is 18.5. The van der Waals surface area contributed by atoms with Gasteiger partial charge in [0.1, 0.15) is 35.6 Å². The fourth-order valence-electron chi connectivity index (χ4n) is 6.51. The molecule has 0 bridgehead atoms. The standard InChI is InChI=1S/C41H50ClN5O8S/c1-7-30-23-41(30,38(50)45-56(52,53)33-15-11-14-32(22-33)54-26-29-12-9-8-10-13-29)44-36(48)34-25-47(21-20-46(34)24-28-16-18-31(42)19-17-28)37(49)35(27(2)3)43-39(51)55-40(4,5)6/h7-19,22,27,30,34-35H,1,20-21,23-26H2,2-6H3,(H,43,51)(H,44,48)(H,45,50)/t30-,34-,35+,41-/m1/s1. The normalized spacial score (nSPS) is 20.4. The molecule has 2 fully saturated rings. The van der Waals surface area contributed by atoms with Gasteiger partial charge in [-0.15, -0.1) is 6.58 Å². The zero-order valence-electron chi connectivity index (χ0n) is 32.3. The maximum Gasteiger partial charge on any atom is 0.408 e. The van der Waals surface area contributed by atoms with Crippen LogP contribution in [-0.4, -0.2) is 84.9 Å². The third-order valence-electron chi connectivity index (χ3n) is 9.65. The van der Waals surface area contributed by atoms with Crippen LogP contribution in [0.3, 0.4) is 0 Å². The van der Waals surface area contributed by atoms with E-state index in [-0.39, 0.29) is 43.5 Å². The van der Waals surface area contributed by atoms with Crippen molar-refractivity contribution in [3.8, 4) is 5.75 Å². The second kappa shape index (κ2) is 17.5. The second-order valence-electron chi connectivity index (χ2n) is 15.5. The molecule has 0 spiro atoms. The van der Waals surface area contributed by atoms with E-state index in [1.54, 1.807) is 52.8 Å². The van der Waals surface area contributed by atoms with Crippen LogP contribution in [0.4, 0.5) is 4.79 Å². The van der Waals surface area contributed by atoms with Gasteiger partial charge in [0.2, 0.25) is 11.8 Å². The van der Waals surface area contributed by atoms with E-state index in [1.165, 1.54) is 29.2 Å². The van der Waals surface area contributed by atoms with E-state index in [1.807, 2.05) is 47.4 Å². The number of rotatable bonds is 14. The molecule has 4 amide bonds. The molecule has 0 unspecified atom stereocenters. The van der Waals surface area contributed by atoms with Crippen LogP contribution in [0.1, 0.15) is 52.2 Å². The van der Waals surface area contributed by atoms with Crippen molar-refractivity contribution in [2.45, 2.75) is 82.3 Å². The van der Waals surface area contributed by atoms with Gasteiger partial charge in [-0.2, -0.15) is 0 Å². The highest BCUT2D eigenvalue weighted by Crippen LogP contribution is 2.45. The van der Waals surface area contributed by atoms with Crippen LogP contribution in [0.25, 0.3) is 0 Å². The maximum absolute atomic E-state index is 14.4. The molecule has 3 aromatic carbocycles. The average molecular weight is 808 g/mol. The van der Waals surface area contributed by atoms with Crippen molar-refractivity contribution in [1.29, 1.82) is 0 Å². The topological polar surface area (TPSA) is 163 Å². The summed E-state index contributed by atoms with van der Waals surface area (Å²) in [6, 6.07) is 20.4. The number of nitrogens with zero attached hydrogens (tertiary/aromatic N) is 2. The Labute approximate surface area is 333 Å². The van der Waals surface area contributed by atoms with Gasteiger partial charge in [-0.25, -0.2) is 17.9 Å². The molecule has 5 rings (SSSR count). The van der Waals surface area contributed by atoms with Crippen LogP contribution in [0.15, 0.2) is 96.4 Å². The lowest BCUT2D eigenvalue weighted by atomic mass is 10.0. The van der Waals surface area contributed by atoms with Crippen LogP contribution < -0.4 is 20.1 Å². The van der Waals surface area contributed by atoms with Crippen molar-refractivity contribution in [2.24, 2.45) is 11.8 Å². The summed E-state index contributed by atoms with van der Waals surface area (Å²) < 4.78 is 40.5. The van der Waals surface area contributed by atoms with Crippen molar-refractivity contribution in [2.75, 3.05) is 19.6 Å². The lowest BCUT2D eigenvalue weighted by molar-refractivity contribution is -0.142. The number of sulfonamides is 1. The predicted molar refractivity (Wildman–Crippen MR) is 212 cm³/mol. The van der Waals surface area contributed by atoms with Gasteiger partial charge < -0.3 is 25.0 Å². The van der Waals surface area contributed by atoms with Crippen LogP contribution in [0.5, 0.6) is 5.75 Å². The number of halogens is 1. The summed E-state index contributed by atoms with van der Waals surface area (Å²) in [6.07, 6.45) is 0.882. The molecule has 4 atom stereocenters. The van der Waals surface area contributed by atoms with Crippen LogP contribution in [-0.2, 0) is 42.3 Å². The van der Waals surface area contributed by atoms with Gasteiger partial charge in [0.15, 0.2) is 0 Å². The van der Waals surface area contributed by atoms with Crippen molar-refractivity contribution in [3.63, 3.8) is 0 Å².